The van der Waals surface area contributed by atoms with Crippen molar-refractivity contribution in [1.82, 2.24) is 34.5 Å². The number of aromatic amines is 1. The number of anilines is 1. The summed E-state index contributed by atoms with van der Waals surface area (Å²) in [6.45, 7) is -0.666. The Morgan fingerprint density at radius 3 is 1.88 bits per heavy atom. The lowest BCUT2D eigenvalue weighted by Gasteiger charge is -2.27. The van der Waals surface area contributed by atoms with E-state index >= 15 is 21.6 Å². The molecule has 0 aliphatic carbocycles. The van der Waals surface area contributed by atoms with E-state index in [2.05, 4.69) is 25.4 Å². The first-order valence-corrected chi connectivity index (χ1v) is 18.9. The molecule has 0 spiro atoms. The minimum absolute atomic E-state index is 0.0263. The van der Waals surface area contributed by atoms with Gasteiger partial charge in [-0.1, -0.05) is 42.5 Å². The molecular weight excluding hydrogens is 776 g/mol. The number of sulfonamides is 1. The number of hydrogen-bond donors (Lipinski definition) is 2. The second-order valence-corrected chi connectivity index (χ2v) is 14.9. The summed E-state index contributed by atoms with van der Waals surface area (Å²) >= 11 is 0. The number of nitrogen functional groups attached to an aromatic ring is 1. The van der Waals surface area contributed by atoms with Crippen molar-refractivity contribution in [2.75, 3.05) is 27.1 Å². The normalized spacial score (nSPS) is 11.8. The maximum absolute atomic E-state index is 15.4. The molecule has 7 rings (SSSR count). The monoisotopic (exact) mass is 809 g/mol. The van der Waals surface area contributed by atoms with Crippen molar-refractivity contribution >= 4 is 27.0 Å². The van der Waals surface area contributed by atoms with Gasteiger partial charge in [-0.05, 0) is 82.1 Å². The number of fused-ring (bicyclic) bond motifs is 1. The van der Waals surface area contributed by atoms with Gasteiger partial charge in [0, 0.05) is 18.7 Å². The number of benzene rings is 5. The predicted octanol–water partition coefficient (Wildman–Crippen LogP) is 6.82. The van der Waals surface area contributed by atoms with Gasteiger partial charge < -0.3 is 24.9 Å². The number of nitrogens with zero attached hydrogens (tertiary/aromatic N) is 7. The smallest absolute Gasteiger partial charge is 0.417 e. The van der Waals surface area contributed by atoms with Gasteiger partial charge in [0.1, 0.15) is 22.1 Å². The first kappa shape index (κ1) is 39.3. The van der Waals surface area contributed by atoms with Gasteiger partial charge in [0.2, 0.25) is 15.8 Å². The number of nitriles is 1. The fourth-order valence-electron chi connectivity index (χ4n) is 6.46. The van der Waals surface area contributed by atoms with Gasteiger partial charge in [-0.15, -0.1) is 10.2 Å². The second kappa shape index (κ2) is 15.9. The van der Waals surface area contributed by atoms with Crippen LogP contribution in [0.15, 0.2) is 102 Å². The molecule has 2 aromatic heterocycles. The molecule has 296 valence electrons. The molecule has 14 nitrogen and oxygen atoms in total. The third-order valence-electron chi connectivity index (χ3n) is 9.28. The standard InChI is InChI=1S/C40H34F3N9O5S/c1-55-28-10-4-24(5-11-28)21-51(22-25-6-12-29(56-2)13-7-25)58(53,54)37-33(40(41,42)43)17-16-31(32-18-27(20-44)19-34-36(32)47-39(45)46-34)35(37)38-48-50-52(49-38)23-26-8-14-30(57-3)15-9-26/h4-19H,21-23H2,1-3H3,(H3,45,46,47). The molecule has 0 bridgehead atoms. The van der Waals surface area contributed by atoms with Gasteiger partial charge in [0.15, 0.2) is 5.95 Å². The van der Waals surface area contributed by atoms with E-state index in [1.54, 1.807) is 72.8 Å². The average molecular weight is 810 g/mol. The number of imidazole rings is 1. The van der Waals surface area contributed by atoms with Crippen molar-refractivity contribution in [3.8, 4) is 45.8 Å². The number of ether oxygens (including phenoxy) is 3. The Kier molecular flexibility index (Phi) is 10.8. The number of aromatic nitrogens is 6. The van der Waals surface area contributed by atoms with E-state index in [-0.39, 0.29) is 47.8 Å². The van der Waals surface area contributed by atoms with Crippen molar-refractivity contribution in [1.29, 1.82) is 5.26 Å². The molecule has 2 heterocycles. The number of tetrazole rings is 1. The fourth-order valence-corrected chi connectivity index (χ4v) is 8.27. The van der Waals surface area contributed by atoms with E-state index in [0.717, 1.165) is 15.2 Å². The highest BCUT2D eigenvalue weighted by atomic mass is 32.2. The second-order valence-electron chi connectivity index (χ2n) is 13.0. The molecule has 0 unspecified atom stereocenters. The van der Waals surface area contributed by atoms with Gasteiger partial charge in [-0.25, -0.2) is 13.4 Å². The number of methoxy groups -OCH3 is 3. The summed E-state index contributed by atoms with van der Waals surface area (Å²) in [6, 6.07) is 26.6. The Bertz CT molecular complexity index is 2700. The molecule has 0 aliphatic rings. The van der Waals surface area contributed by atoms with Crippen LogP contribution in [0.5, 0.6) is 17.2 Å². The molecule has 0 amide bonds. The van der Waals surface area contributed by atoms with E-state index in [0.29, 0.717) is 45.5 Å². The number of nitrogens with two attached hydrogens (primary N) is 1. The van der Waals surface area contributed by atoms with Crippen LogP contribution in [-0.4, -0.2) is 64.2 Å². The van der Waals surface area contributed by atoms with Crippen molar-refractivity contribution in [2.45, 2.75) is 30.7 Å². The highest BCUT2D eigenvalue weighted by Gasteiger charge is 2.43. The number of H-pyrrole nitrogens is 1. The summed E-state index contributed by atoms with van der Waals surface area (Å²) < 4.78 is 93.5. The largest absolute Gasteiger partial charge is 0.497 e. The lowest BCUT2D eigenvalue weighted by Crippen LogP contribution is -2.32. The molecule has 7 aromatic rings. The number of hydrogen-bond acceptors (Lipinski definition) is 11. The number of nitrogens with one attached hydrogen (secondary N) is 1. The summed E-state index contributed by atoms with van der Waals surface area (Å²) in [5.74, 6) is 1.12. The van der Waals surface area contributed by atoms with Crippen molar-refractivity contribution in [2.24, 2.45) is 0 Å². The zero-order valence-corrected chi connectivity index (χ0v) is 32.0. The van der Waals surface area contributed by atoms with Gasteiger partial charge >= 0.3 is 6.18 Å². The summed E-state index contributed by atoms with van der Waals surface area (Å²) in [7, 11) is -0.705. The van der Waals surface area contributed by atoms with Crippen LogP contribution >= 0.6 is 0 Å². The van der Waals surface area contributed by atoms with E-state index in [9.17, 15) is 5.26 Å². The van der Waals surface area contributed by atoms with Crippen LogP contribution in [0.25, 0.3) is 33.5 Å². The van der Waals surface area contributed by atoms with Gasteiger partial charge in [-0.3, -0.25) is 0 Å². The lowest BCUT2D eigenvalue weighted by molar-refractivity contribution is -0.139. The van der Waals surface area contributed by atoms with Crippen LogP contribution in [0.1, 0.15) is 27.8 Å². The molecule has 0 saturated carbocycles. The van der Waals surface area contributed by atoms with Crippen LogP contribution < -0.4 is 19.9 Å². The first-order valence-electron chi connectivity index (χ1n) is 17.4. The van der Waals surface area contributed by atoms with E-state index in [4.69, 9.17) is 19.9 Å². The van der Waals surface area contributed by atoms with Crippen LogP contribution in [0, 0.1) is 11.3 Å². The highest BCUT2D eigenvalue weighted by Crippen LogP contribution is 2.46. The molecule has 0 saturated heterocycles. The SMILES string of the molecule is COc1ccc(CN(Cc2ccc(OC)cc2)S(=O)(=O)c2c(C(F)(F)F)ccc(-c3cc(C#N)cc4[nH]c(N)nc34)c2-c2nnn(Cc3ccc(OC)cc3)n2)cc1. The minimum atomic E-state index is -5.19. The Labute approximate surface area is 330 Å². The topological polar surface area (TPSA) is 187 Å². The van der Waals surface area contributed by atoms with E-state index in [1.807, 2.05) is 6.07 Å². The third kappa shape index (κ3) is 7.98. The molecule has 18 heteroatoms. The molecule has 0 fully saturated rings. The van der Waals surface area contributed by atoms with E-state index < -0.39 is 38.0 Å². The first-order chi connectivity index (χ1) is 27.8. The Morgan fingerprint density at radius 2 is 1.36 bits per heavy atom. The number of rotatable bonds is 13. The zero-order valence-electron chi connectivity index (χ0n) is 31.2. The molecule has 5 aromatic carbocycles. The van der Waals surface area contributed by atoms with Crippen LogP contribution in [-0.2, 0) is 35.8 Å². The molecular formula is C40H34F3N9O5S. The van der Waals surface area contributed by atoms with Gasteiger partial charge in [-0.2, -0.15) is 27.5 Å². The molecule has 0 atom stereocenters. The van der Waals surface area contributed by atoms with Crippen LogP contribution in [0.3, 0.4) is 0 Å². The maximum Gasteiger partial charge on any atom is 0.417 e. The fraction of sp³-hybridized carbons (Fsp3) is 0.175. The third-order valence-corrected chi connectivity index (χ3v) is 11.2. The summed E-state index contributed by atoms with van der Waals surface area (Å²) in [5, 5.41) is 22.7. The van der Waals surface area contributed by atoms with Crippen LogP contribution in [0.2, 0.25) is 0 Å². The van der Waals surface area contributed by atoms with E-state index in [1.165, 1.54) is 33.5 Å². The predicted molar refractivity (Wildman–Crippen MR) is 207 cm³/mol. The zero-order chi connectivity index (χ0) is 41.2. The molecule has 0 radical (unpaired) electrons. The Morgan fingerprint density at radius 1 is 0.810 bits per heavy atom. The maximum atomic E-state index is 15.4. The summed E-state index contributed by atoms with van der Waals surface area (Å²) in [5.41, 5.74) is 6.23. The highest BCUT2D eigenvalue weighted by molar-refractivity contribution is 7.89. The molecule has 3 N–H and O–H groups in total. The molecule has 0 aliphatic heterocycles. The number of halogens is 3. The van der Waals surface area contributed by atoms with Gasteiger partial charge in [0.05, 0.1) is 61.7 Å². The minimum Gasteiger partial charge on any atom is -0.497 e. The summed E-state index contributed by atoms with van der Waals surface area (Å²) in [6.07, 6.45) is -5.19. The van der Waals surface area contributed by atoms with Gasteiger partial charge in [0.25, 0.3) is 0 Å². The Balaban J connectivity index is 1.50. The average Bonchev–Trinajstić information content (AvgIpc) is 3.85. The van der Waals surface area contributed by atoms with Crippen molar-refractivity contribution in [3.63, 3.8) is 0 Å². The Hall–Kier alpha value is -6.97. The quantitative estimate of drug-likeness (QED) is 0.124. The van der Waals surface area contributed by atoms with Crippen LogP contribution in [0.4, 0.5) is 19.1 Å². The molecule has 58 heavy (non-hydrogen) atoms. The lowest BCUT2D eigenvalue weighted by atomic mass is 9.94. The number of alkyl halides is 3. The van der Waals surface area contributed by atoms with Crippen molar-refractivity contribution < 1.29 is 35.8 Å². The summed E-state index contributed by atoms with van der Waals surface area (Å²) in [4.78, 5) is 7.21. The van der Waals surface area contributed by atoms with Crippen molar-refractivity contribution in [3.05, 3.63) is 125 Å².